The zero-order chi connectivity index (χ0) is 15.1. The van der Waals surface area contributed by atoms with Crippen LogP contribution < -0.4 is 11.1 Å². The highest BCUT2D eigenvalue weighted by atomic mass is 35.5. The molecule has 0 saturated carbocycles. The van der Waals surface area contributed by atoms with Gasteiger partial charge >= 0.3 is 0 Å². The van der Waals surface area contributed by atoms with Gasteiger partial charge in [0.15, 0.2) is 0 Å². The van der Waals surface area contributed by atoms with E-state index >= 15 is 0 Å². The highest BCUT2D eigenvalue weighted by molar-refractivity contribution is 6.29. The molecule has 0 spiro atoms. The van der Waals surface area contributed by atoms with Gasteiger partial charge in [0.1, 0.15) is 17.3 Å². The second-order valence-electron chi connectivity index (χ2n) is 4.29. The van der Waals surface area contributed by atoms with Crippen molar-refractivity contribution in [3.63, 3.8) is 0 Å². The summed E-state index contributed by atoms with van der Waals surface area (Å²) in [5.74, 6) is 0.694. The van der Waals surface area contributed by atoms with Crippen molar-refractivity contribution in [3.8, 4) is 0 Å². The summed E-state index contributed by atoms with van der Waals surface area (Å²) in [5.41, 5.74) is 8.62. The molecule has 0 atom stereocenters. The van der Waals surface area contributed by atoms with Crippen LogP contribution in [0.5, 0.6) is 0 Å². The predicted octanol–water partition coefficient (Wildman–Crippen LogP) is 2.74. The van der Waals surface area contributed by atoms with Crippen molar-refractivity contribution in [1.29, 1.82) is 0 Å². The Labute approximate surface area is 128 Å². The molecule has 0 bridgehead atoms. The Balaban J connectivity index is 2.03. The molecule has 0 aliphatic carbocycles. The molecule has 1 heterocycles. The van der Waals surface area contributed by atoms with Crippen LogP contribution in [0.1, 0.15) is 11.1 Å². The van der Waals surface area contributed by atoms with Gasteiger partial charge in [-0.05, 0) is 11.1 Å². The van der Waals surface area contributed by atoms with Gasteiger partial charge in [-0.1, -0.05) is 35.9 Å². The van der Waals surface area contributed by atoms with Crippen molar-refractivity contribution < 1.29 is 0 Å². The average molecular weight is 302 g/mol. The van der Waals surface area contributed by atoms with Crippen molar-refractivity contribution in [1.82, 2.24) is 9.97 Å². The van der Waals surface area contributed by atoms with Crippen LogP contribution in [-0.4, -0.2) is 23.2 Å². The summed E-state index contributed by atoms with van der Waals surface area (Å²) in [6.45, 7) is 0.650. The van der Waals surface area contributed by atoms with E-state index in [1.807, 2.05) is 24.3 Å². The van der Waals surface area contributed by atoms with Gasteiger partial charge in [0.05, 0.1) is 0 Å². The van der Waals surface area contributed by atoms with Crippen LogP contribution in [0.3, 0.4) is 0 Å². The maximum Gasteiger partial charge on any atom is 0.134 e. The van der Waals surface area contributed by atoms with Gasteiger partial charge in [0, 0.05) is 37.6 Å². The van der Waals surface area contributed by atoms with Gasteiger partial charge in [-0.2, -0.15) is 0 Å². The number of nitrogens with one attached hydrogen (secondary N) is 1. The van der Waals surface area contributed by atoms with E-state index in [9.17, 15) is 0 Å². The molecule has 108 valence electrons. The monoisotopic (exact) mass is 301 g/mol. The van der Waals surface area contributed by atoms with Crippen molar-refractivity contribution in [2.45, 2.75) is 6.54 Å². The maximum absolute atomic E-state index is 5.81. The quantitative estimate of drug-likeness (QED) is 0.657. The number of allylic oxidation sites excluding steroid dienone is 1. The Bertz CT molecular complexity index is 649. The second kappa shape index (κ2) is 7.40. The van der Waals surface area contributed by atoms with E-state index in [0.717, 1.165) is 16.7 Å². The molecule has 0 amide bonds. The lowest BCUT2D eigenvalue weighted by Crippen LogP contribution is -2.01. The molecule has 0 aliphatic rings. The summed E-state index contributed by atoms with van der Waals surface area (Å²) in [6, 6.07) is 9.74. The molecule has 2 rings (SSSR count). The first-order chi connectivity index (χ1) is 10.2. The maximum atomic E-state index is 5.81. The second-order valence-corrected chi connectivity index (χ2v) is 4.67. The molecule has 3 N–H and O–H groups in total. The fourth-order valence-corrected chi connectivity index (χ4v) is 1.94. The molecule has 5 nitrogen and oxygen atoms in total. The van der Waals surface area contributed by atoms with E-state index < -0.39 is 0 Å². The lowest BCUT2D eigenvalue weighted by Gasteiger charge is -2.07. The fourth-order valence-electron chi connectivity index (χ4n) is 1.79. The zero-order valence-corrected chi connectivity index (χ0v) is 12.4. The largest absolute Gasteiger partial charge is 0.404 e. The standard InChI is InChI=1S/C15H16ClN5/c1-18-9-13(7-17)12-4-2-11(3-5-12)8-19-15-6-14(16)20-10-21-15/h2-7,9-10H,8,17H2,1H3,(H,19,20,21). The number of rotatable bonds is 5. The topological polar surface area (TPSA) is 76.2 Å². The molecule has 2 aromatic rings. The van der Waals surface area contributed by atoms with Crippen LogP contribution in [0.15, 0.2) is 47.9 Å². The van der Waals surface area contributed by atoms with Crippen molar-refractivity contribution in [2.75, 3.05) is 12.4 Å². The summed E-state index contributed by atoms with van der Waals surface area (Å²) < 4.78 is 0. The van der Waals surface area contributed by atoms with Crippen molar-refractivity contribution >= 4 is 29.2 Å². The molecule has 0 unspecified atom stereocenters. The molecular formula is C15H16ClN5. The zero-order valence-electron chi connectivity index (χ0n) is 11.6. The Morgan fingerprint density at radius 3 is 2.71 bits per heavy atom. The van der Waals surface area contributed by atoms with Crippen LogP contribution in [-0.2, 0) is 6.54 Å². The lowest BCUT2D eigenvalue weighted by molar-refractivity contribution is 1.08. The molecule has 0 fully saturated rings. The van der Waals surface area contributed by atoms with E-state index in [4.69, 9.17) is 17.3 Å². The number of nitrogens with two attached hydrogens (primary N) is 1. The number of halogens is 1. The number of aromatic nitrogens is 2. The van der Waals surface area contributed by atoms with Gasteiger partial charge < -0.3 is 11.1 Å². The Kier molecular flexibility index (Phi) is 5.29. The number of hydrogen-bond donors (Lipinski definition) is 2. The Morgan fingerprint density at radius 1 is 1.33 bits per heavy atom. The van der Waals surface area contributed by atoms with Crippen LogP contribution >= 0.6 is 11.6 Å². The van der Waals surface area contributed by atoms with E-state index in [1.54, 1.807) is 25.5 Å². The number of aliphatic imine (C=N–C) groups is 1. The summed E-state index contributed by atoms with van der Waals surface area (Å²) in [4.78, 5) is 11.9. The first kappa shape index (κ1) is 15.0. The lowest BCUT2D eigenvalue weighted by atomic mass is 10.1. The number of benzene rings is 1. The van der Waals surface area contributed by atoms with Crippen LogP contribution in [0, 0.1) is 0 Å². The SMILES string of the molecule is CN=CC(=CN)c1ccc(CNc2cc(Cl)ncn2)cc1. The third kappa shape index (κ3) is 4.29. The summed E-state index contributed by atoms with van der Waals surface area (Å²) in [7, 11) is 1.72. The minimum absolute atomic E-state index is 0.416. The van der Waals surface area contributed by atoms with Crippen molar-refractivity contribution in [3.05, 3.63) is 59.1 Å². The number of nitrogens with zero attached hydrogens (tertiary/aromatic N) is 3. The normalized spacial score (nSPS) is 11.8. The van der Waals surface area contributed by atoms with Gasteiger partial charge in [-0.3, -0.25) is 4.99 Å². The Morgan fingerprint density at radius 2 is 2.10 bits per heavy atom. The summed E-state index contributed by atoms with van der Waals surface area (Å²) in [5, 5.41) is 3.60. The molecule has 0 radical (unpaired) electrons. The highest BCUT2D eigenvalue weighted by Crippen LogP contribution is 2.14. The molecule has 0 saturated heterocycles. The minimum Gasteiger partial charge on any atom is -0.404 e. The fraction of sp³-hybridized carbons (Fsp3) is 0.133. The van der Waals surface area contributed by atoms with Gasteiger partial charge in [0.2, 0.25) is 0 Å². The summed E-state index contributed by atoms with van der Waals surface area (Å²) in [6.07, 6.45) is 4.70. The highest BCUT2D eigenvalue weighted by Gasteiger charge is 2.00. The molecule has 21 heavy (non-hydrogen) atoms. The minimum atomic E-state index is 0.416. The first-order valence-corrected chi connectivity index (χ1v) is 6.75. The molecule has 1 aromatic carbocycles. The molecule has 0 aliphatic heterocycles. The third-order valence-corrected chi connectivity index (χ3v) is 3.05. The first-order valence-electron chi connectivity index (χ1n) is 6.37. The van der Waals surface area contributed by atoms with E-state index in [2.05, 4.69) is 20.3 Å². The molecular weight excluding hydrogens is 286 g/mol. The summed E-state index contributed by atoms with van der Waals surface area (Å²) >= 11 is 5.81. The number of anilines is 1. The van der Waals surface area contributed by atoms with Gasteiger partial charge in [-0.25, -0.2) is 9.97 Å². The van der Waals surface area contributed by atoms with Crippen molar-refractivity contribution in [2.24, 2.45) is 10.7 Å². The molecule has 1 aromatic heterocycles. The predicted molar refractivity (Wildman–Crippen MR) is 87.4 cm³/mol. The van der Waals surface area contributed by atoms with Gasteiger partial charge in [0.25, 0.3) is 0 Å². The van der Waals surface area contributed by atoms with Crippen LogP contribution in [0.25, 0.3) is 5.57 Å². The van der Waals surface area contributed by atoms with Crippen LogP contribution in [0.2, 0.25) is 5.15 Å². The van der Waals surface area contributed by atoms with Crippen LogP contribution in [0.4, 0.5) is 5.82 Å². The Hall–Kier alpha value is -2.40. The smallest absolute Gasteiger partial charge is 0.134 e. The van der Waals surface area contributed by atoms with E-state index in [-0.39, 0.29) is 0 Å². The third-order valence-electron chi connectivity index (χ3n) is 2.84. The van der Waals surface area contributed by atoms with Gasteiger partial charge in [-0.15, -0.1) is 0 Å². The van der Waals surface area contributed by atoms with E-state index in [1.165, 1.54) is 6.33 Å². The van der Waals surface area contributed by atoms with E-state index in [0.29, 0.717) is 17.5 Å². The number of hydrogen-bond acceptors (Lipinski definition) is 5. The average Bonchev–Trinajstić information content (AvgIpc) is 2.51. The molecule has 6 heteroatoms.